The Morgan fingerprint density at radius 2 is 2.04 bits per heavy atom. The lowest BCUT2D eigenvalue weighted by molar-refractivity contribution is 0.0464. The minimum absolute atomic E-state index is 0.180. The SMILES string of the molecule is CC1CCN(C(=O)Nc2ccc(N3CCCC3)c(Cl)c2)CC1O. The lowest BCUT2D eigenvalue weighted by atomic mass is 9.96. The largest absolute Gasteiger partial charge is 0.391 e. The normalized spacial score (nSPS) is 24.8. The second kappa shape index (κ2) is 6.97. The molecule has 3 rings (SSSR count). The number of nitrogens with zero attached hydrogens (tertiary/aromatic N) is 2. The van der Waals surface area contributed by atoms with E-state index in [0.29, 0.717) is 23.8 Å². The van der Waals surface area contributed by atoms with Gasteiger partial charge in [0, 0.05) is 31.9 Å². The van der Waals surface area contributed by atoms with Gasteiger partial charge >= 0.3 is 6.03 Å². The number of hydrogen-bond acceptors (Lipinski definition) is 3. The van der Waals surface area contributed by atoms with Crippen LogP contribution in [0, 0.1) is 5.92 Å². The highest BCUT2D eigenvalue weighted by Crippen LogP contribution is 2.31. The van der Waals surface area contributed by atoms with Gasteiger partial charge < -0.3 is 20.2 Å². The molecule has 0 aliphatic carbocycles. The highest BCUT2D eigenvalue weighted by atomic mass is 35.5. The molecule has 5 nitrogen and oxygen atoms in total. The summed E-state index contributed by atoms with van der Waals surface area (Å²) in [4.78, 5) is 16.3. The molecule has 2 saturated heterocycles. The number of nitrogens with one attached hydrogen (secondary N) is 1. The summed E-state index contributed by atoms with van der Waals surface area (Å²) in [5.74, 6) is 0.244. The number of urea groups is 1. The number of benzene rings is 1. The summed E-state index contributed by atoms with van der Waals surface area (Å²) in [5, 5.41) is 13.5. The number of hydrogen-bond donors (Lipinski definition) is 2. The van der Waals surface area contributed by atoms with E-state index in [9.17, 15) is 9.90 Å². The van der Waals surface area contributed by atoms with Crippen LogP contribution >= 0.6 is 11.6 Å². The van der Waals surface area contributed by atoms with Gasteiger partial charge in [-0.15, -0.1) is 0 Å². The first kappa shape index (κ1) is 16.4. The fraction of sp³-hybridized carbons (Fsp3) is 0.588. The van der Waals surface area contributed by atoms with E-state index in [0.717, 1.165) is 25.2 Å². The van der Waals surface area contributed by atoms with Gasteiger partial charge in [0.1, 0.15) is 0 Å². The van der Waals surface area contributed by atoms with E-state index in [2.05, 4.69) is 10.2 Å². The average Bonchev–Trinajstić information content (AvgIpc) is 3.04. The van der Waals surface area contributed by atoms with Crippen molar-refractivity contribution in [1.29, 1.82) is 0 Å². The molecule has 2 heterocycles. The Balaban J connectivity index is 1.63. The van der Waals surface area contributed by atoms with Gasteiger partial charge in [0.25, 0.3) is 0 Å². The van der Waals surface area contributed by atoms with Crippen LogP contribution in [0.15, 0.2) is 18.2 Å². The second-order valence-electron chi connectivity index (χ2n) is 6.57. The molecule has 2 fully saturated rings. The summed E-state index contributed by atoms with van der Waals surface area (Å²) in [7, 11) is 0. The predicted octanol–water partition coefficient (Wildman–Crippen LogP) is 3.17. The number of piperidine rings is 1. The zero-order chi connectivity index (χ0) is 16.4. The van der Waals surface area contributed by atoms with Crippen molar-refractivity contribution >= 4 is 29.0 Å². The molecule has 2 amide bonds. The predicted molar refractivity (Wildman–Crippen MR) is 93.3 cm³/mol. The Kier molecular flexibility index (Phi) is 4.97. The number of halogens is 1. The molecule has 1 aromatic carbocycles. The average molecular weight is 338 g/mol. The molecule has 6 heteroatoms. The molecule has 2 N–H and O–H groups in total. The minimum atomic E-state index is -0.448. The molecule has 0 saturated carbocycles. The van der Waals surface area contributed by atoms with Crippen molar-refractivity contribution in [2.24, 2.45) is 5.92 Å². The highest BCUT2D eigenvalue weighted by Gasteiger charge is 2.27. The molecule has 126 valence electrons. The fourth-order valence-corrected chi connectivity index (χ4v) is 3.54. The van der Waals surface area contributed by atoms with Crippen molar-refractivity contribution in [2.75, 3.05) is 36.4 Å². The first-order valence-electron chi connectivity index (χ1n) is 8.33. The van der Waals surface area contributed by atoms with E-state index in [1.165, 1.54) is 12.8 Å². The van der Waals surface area contributed by atoms with Crippen LogP contribution in [0.3, 0.4) is 0 Å². The first-order chi connectivity index (χ1) is 11.0. The van der Waals surface area contributed by atoms with Crippen molar-refractivity contribution in [3.8, 4) is 0 Å². The van der Waals surface area contributed by atoms with Gasteiger partial charge in [-0.05, 0) is 43.4 Å². The highest BCUT2D eigenvalue weighted by molar-refractivity contribution is 6.33. The second-order valence-corrected chi connectivity index (χ2v) is 6.98. The maximum atomic E-state index is 12.3. The van der Waals surface area contributed by atoms with Crippen LogP contribution in [0.25, 0.3) is 0 Å². The molecule has 2 aliphatic rings. The summed E-state index contributed by atoms with van der Waals surface area (Å²) in [5.41, 5.74) is 1.72. The van der Waals surface area contributed by atoms with Gasteiger partial charge in [0.2, 0.25) is 0 Å². The molecule has 0 radical (unpaired) electrons. The third-order valence-electron chi connectivity index (χ3n) is 4.85. The topological polar surface area (TPSA) is 55.8 Å². The van der Waals surface area contributed by atoms with Crippen molar-refractivity contribution in [2.45, 2.75) is 32.3 Å². The maximum absolute atomic E-state index is 12.3. The summed E-state index contributed by atoms with van der Waals surface area (Å²) >= 11 is 6.37. The molecule has 0 bridgehead atoms. The molecule has 23 heavy (non-hydrogen) atoms. The third kappa shape index (κ3) is 3.72. The number of amides is 2. The molecule has 2 aliphatic heterocycles. The lowest BCUT2D eigenvalue weighted by Crippen LogP contribution is -2.47. The van der Waals surface area contributed by atoms with Crippen molar-refractivity contribution in [3.05, 3.63) is 23.2 Å². The van der Waals surface area contributed by atoms with Crippen LogP contribution in [-0.2, 0) is 0 Å². The number of aliphatic hydroxyl groups is 1. The summed E-state index contributed by atoms with van der Waals surface area (Å²) in [6.45, 7) is 5.14. The number of likely N-dealkylation sites (tertiary alicyclic amines) is 1. The first-order valence-corrected chi connectivity index (χ1v) is 8.71. The molecule has 1 aromatic rings. The van der Waals surface area contributed by atoms with Gasteiger partial charge in [-0.1, -0.05) is 18.5 Å². The zero-order valence-electron chi connectivity index (χ0n) is 13.5. The molecule has 0 spiro atoms. The quantitative estimate of drug-likeness (QED) is 0.871. The molecule has 2 unspecified atom stereocenters. The van der Waals surface area contributed by atoms with Crippen LogP contribution < -0.4 is 10.2 Å². The zero-order valence-corrected chi connectivity index (χ0v) is 14.2. The van der Waals surface area contributed by atoms with E-state index in [1.54, 1.807) is 11.0 Å². The van der Waals surface area contributed by atoms with Crippen molar-refractivity contribution in [1.82, 2.24) is 4.90 Å². The number of β-amino-alcohol motifs (C(OH)–C–C–N with tert-alkyl or cyclic N) is 1. The van der Waals surface area contributed by atoms with E-state index in [-0.39, 0.29) is 11.9 Å². The number of anilines is 2. The van der Waals surface area contributed by atoms with Gasteiger partial charge in [0.05, 0.1) is 16.8 Å². The van der Waals surface area contributed by atoms with Crippen LogP contribution in [0.2, 0.25) is 5.02 Å². The van der Waals surface area contributed by atoms with E-state index < -0.39 is 6.10 Å². The van der Waals surface area contributed by atoms with Crippen molar-refractivity contribution < 1.29 is 9.90 Å². The van der Waals surface area contributed by atoms with Gasteiger partial charge in [0.15, 0.2) is 0 Å². The summed E-state index contributed by atoms with van der Waals surface area (Å²) in [6, 6.07) is 5.48. The number of carbonyl (C=O) groups is 1. The van der Waals surface area contributed by atoms with Crippen LogP contribution in [0.4, 0.5) is 16.2 Å². The van der Waals surface area contributed by atoms with E-state index in [1.807, 2.05) is 19.1 Å². The van der Waals surface area contributed by atoms with Crippen molar-refractivity contribution in [3.63, 3.8) is 0 Å². The maximum Gasteiger partial charge on any atom is 0.321 e. The monoisotopic (exact) mass is 337 g/mol. The van der Waals surface area contributed by atoms with E-state index >= 15 is 0 Å². The Morgan fingerprint density at radius 3 is 2.70 bits per heavy atom. The van der Waals surface area contributed by atoms with Gasteiger partial charge in [-0.2, -0.15) is 0 Å². The third-order valence-corrected chi connectivity index (χ3v) is 5.15. The van der Waals surface area contributed by atoms with Crippen LogP contribution in [-0.4, -0.2) is 48.3 Å². The fourth-order valence-electron chi connectivity index (χ4n) is 3.24. The lowest BCUT2D eigenvalue weighted by Gasteiger charge is -2.34. The Hall–Kier alpha value is -1.46. The standard InChI is InChI=1S/C17H24ClN3O2/c1-12-6-9-21(11-16(12)22)17(23)19-13-4-5-15(14(18)10-13)20-7-2-3-8-20/h4-5,10,12,16,22H,2-3,6-9,11H2,1H3,(H,19,23). The Bertz CT molecular complexity index is 575. The number of aliphatic hydroxyl groups excluding tert-OH is 1. The van der Waals surface area contributed by atoms with E-state index in [4.69, 9.17) is 11.6 Å². The number of carbonyl (C=O) groups excluding carboxylic acids is 1. The molecular weight excluding hydrogens is 314 g/mol. The van der Waals surface area contributed by atoms with Crippen LogP contribution in [0.1, 0.15) is 26.2 Å². The summed E-state index contributed by atoms with van der Waals surface area (Å²) in [6.07, 6.45) is 2.77. The summed E-state index contributed by atoms with van der Waals surface area (Å²) < 4.78 is 0. The van der Waals surface area contributed by atoms with Gasteiger partial charge in [-0.25, -0.2) is 4.79 Å². The molecule has 0 aromatic heterocycles. The van der Waals surface area contributed by atoms with Gasteiger partial charge in [-0.3, -0.25) is 0 Å². The van der Waals surface area contributed by atoms with Crippen LogP contribution in [0.5, 0.6) is 0 Å². The molecule has 2 atom stereocenters. The Labute approximate surface area is 142 Å². The smallest absolute Gasteiger partial charge is 0.321 e. The Morgan fingerprint density at radius 1 is 1.30 bits per heavy atom. The minimum Gasteiger partial charge on any atom is -0.391 e. The number of rotatable bonds is 2. The molecular formula is C17H24ClN3O2.